The highest BCUT2D eigenvalue weighted by atomic mass is 32.2. The number of hydrogen-bond donors (Lipinski definition) is 3. The lowest BCUT2D eigenvalue weighted by molar-refractivity contribution is 0.101. The second-order valence-electron chi connectivity index (χ2n) is 4.72. The number of amides is 1. The van der Waals surface area contributed by atoms with Crippen LogP contribution in [0, 0.1) is 0 Å². The standard InChI is InChI=1S/C12H15N5O3S/c1-7(2)10-15-11(17-16-10)12(18)14-8-3-5-9(6-4-8)21(13,19)20/h3-7H,1-2H3,(H,14,18)(H2,13,19,20)(H,15,16,17). The van der Waals surface area contributed by atoms with Gasteiger partial charge >= 0.3 is 0 Å². The number of primary sulfonamides is 1. The molecule has 0 bridgehead atoms. The number of aromatic amines is 1. The summed E-state index contributed by atoms with van der Waals surface area (Å²) in [7, 11) is -3.75. The number of H-pyrrole nitrogens is 1. The Morgan fingerprint density at radius 3 is 2.38 bits per heavy atom. The smallest absolute Gasteiger partial charge is 0.295 e. The number of aromatic nitrogens is 3. The quantitative estimate of drug-likeness (QED) is 0.769. The predicted octanol–water partition coefficient (Wildman–Crippen LogP) is 0.828. The number of sulfonamides is 1. The van der Waals surface area contributed by atoms with E-state index in [1.54, 1.807) is 0 Å². The van der Waals surface area contributed by atoms with Gasteiger partial charge in [0.25, 0.3) is 5.91 Å². The maximum absolute atomic E-state index is 11.9. The molecule has 4 N–H and O–H groups in total. The fraction of sp³-hybridized carbons (Fsp3) is 0.250. The first-order chi connectivity index (χ1) is 9.77. The molecule has 1 aromatic carbocycles. The van der Waals surface area contributed by atoms with E-state index in [2.05, 4.69) is 20.5 Å². The van der Waals surface area contributed by atoms with Crippen molar-refractivity contribution in [3.05, 3.63) is 35.9 Å². The molecular formula is C12H15N5O3S. The monoisotopic (exact) mass is 309 g/mol. The topological polar surface area (TPSA) is 131 Å². The second kappa shape index (κ2) is 5.62. The fourth-order valence-corrected chi connectivity index (χ4v) is 2.06. The lowest BCUT2D eigenvalue weighted by atomic mass is 10.2. The molecule has 1 heterocycles. The van der Waals surface area contributed by atoms with Crippen molar-refractivity contribution in [2.24, 2.45) is 5.14 Å². The number of carbonyl (C=O) groups excluding carboxylic acids is 1. The van der Waals surface area contributed by atoms with Crippen LogP contribution >= 0.6 is 0 Å². The van der Waals surface area contributed by atoms with Crippen LogP contribution in [0.4, 0.5) is 5.69 Å². The molecule has 0 radical (unpaired) electrons. The number of rotatable bonds is 4. The van der Waals surface area contributed by atoms with E-state index in [0.29, 0.717) is 11.5 Å². The number of nitrogens with zero attached hydrogens (tertiary/aromatic N) is 2. The van der Waals surface area contributed by atoms with Crippen molar-refractivity contribution < 1.29 is 13.2 Å². The van der Waals surface area contributed by atoms with Crippen LogP contribution in [0.25, 0.3) is 0 Å². The maximum atomic E-state index is 11.9. The molecule has 0 aliphatic rings. The Bertz CT molecular complexity index is 749. The summed E-state index contributed by atoms with van der Waals surface area (Å²) in [5.74, 6) is 0.286. The minimum absolute atomic E-state index is 0.0224. The van der Waals surface area contributed by atoms with Gasteiger partial charge in [-0.15, -0.1) is 5.10 Å². The van der Waals surface area contributed by atoms with Gasteiger partial charge in [0.05, 0.1) is 4.90 Å². The summed E-state index contributed by atoms with van der Waals surface area (Å²) >= 11 is 0. The Labute approximate surface area is 121 Å². The first-order valence-corrected chi connectivity index (χ1v) is 7.68. The number of anilines is 1. The van der Waals surface area contributed by atoms with Crippen molar-refractivity contribution in [1.82, 2.24) is 15.2 Å². The van der Waals surface area contributed by atoms with Gasteiger partial charge in [0.15, 0.2) is 0 Å². The van der Waals surface area contributed by atoms with E-state index in [1.807, 2.05) is 13.8 Å². The van der Waals surface area contributed by atoms with E-state index in [0.717, 1.165) is 0 Å². The molecular weight excluding hydrogens is 294 g/mol. The third kappa shape index (κ3) is 3.64. The third-order valence-electron chi connectivity index (χ3n) is 2.69. The summed E-state index contributed by atoms with van der Waals surface area (Å²) in [4.78, 5) is 16.0. The largest absolute Gasteiger partial charge is 0.319 e. The molecule has 9 heteroatoms. The molecule has 1 amide bonds. The molecule has 0 aliphatic heterocycles. The minimum atomic E-state index is -3.75. The van der Waals surface area contributed by atoms with Crippen LogP contribution in [-0.4, -0.2) is 29.5 Å². The molecule has 112 valence electrons. The van der Waals surface area contributed by atoms with Crippen LogP contribution in [0.3, 0.4) is 0 Å². The van der Waals surface area contributed by atoms with Crippen LogP contribution in [0.15, 0.2) is 29.2 Å². The first-order valence-electron chi connectivity index (χ1n) is 6.14. The van der Waals surface area contributed by atoms with Crippen LogP contribution in [-0.2, 0) is 10.0 Å². The molecule has 1 aromatic heterocycles. The molecule has 0 spiro atoms. The highest BCUT2D eigenvalue weighted by molar-refractivity contribution is 7.89. The number of nitrogens with two attached hydrogens (primary N) is 1. The molecule has 0 atom stereocenters. The van der Waals surface area contributed by atoms with Crippen LogP contribution < -0.4 is 10.5 Å². The summed E-state index contributed by atoms with van der Waals surface area (Å²) < 4.78 is 22.2. The van der Waals surface area contributed by atoms with Crippen molar-refractivity contribution in [1.29, 1.82) is 0 Å². The molecule has 2 rings (SSSR count). The Morgan fingerprint density at radius 1 is 1.29 bits per heavy atom. The summed E-state index contributed by atoms with van der Waals surface area (Å²) in [6, 6.07) is 5.49. The first kappa shape index (κ1) is 15.1. The van der Waals surface area contributed by atoms with E-state index in [1.165, 1.54) is 24.3 Å². The van der Waals surface area contributed by atoms with Gasteiger partial charge < -0.3 is 5.32 Å². The molecule has 8 nitrogen and oxygen atoms in total. The third-order valence-corrected chi connectivity index (χ3v) is 3.62. The summed E-state index contributed by atoms with van der Waals surface area (Å²) in [6.07, 6.45) is 0. The number of nitrogens with one attached hydrogen (secondary N) is 2. The van der Waals surface area contributed by atoms with Gasteiger partial charge in [-0.1, -0.05) is 13.8 Å². The zero-order chi connectivity index (χ0) is 15.6. The zero-order valence-electron chi connectivity index (χ0n) is 11.5. The van der Waals surface area contributed by atoms with Gasteiger partial charge in [0.1, 0.15) is 5.82 Å². The number of benzene rings is 1. The van der Waals surface area contributed by atoms with Crippen LogP contribution in [0.1, 0.15) is 36.2 Å². The van der Waals surface area contributed by atoms with Gasteiger partial charge in [-0.3, -0.25) is 9.89 Å². The van der Waals surface area contributed by atoms with Crippen LogP contribution in [0.2, 0.25) is 0 Å². The minimum Gasteiger partial charge on any atom is -0.319 e. The molecule has 21 heavy (non-hydrogen) atoms. The summed E-state index contributed by atoms with van der Waals surface area (Å²) in [6.45, 7) is 3.85. The van der Waals surface area contributed by atoms with Crippen molar-refractivity contribution in [2.75, 3.05) is 5.32 Å². The van der Waals surface area contributed by atoms with Crippen LogP contribution in [0.5, 0.6) is 0 Å². The lowest BCUT2D eigenvalue weighted by Gasteiger charge is -2.03. The predicted molar refractivity (Wildman–Crippen MR) is 76.2 cm³/mol. The average molecular weight is 309 g/mol. The molecule has 0 unspecified atom stereocenters. The van der Waals surface area contributed by atoms with Gasteiger partial charge in [-0.2, -0.15) is 0 Å². The zero-order valence-corrected chi connectivity index (χ0v) is 12.3. The van der Waals surface area contributed by atoms with E-state index in [9.17, 15) is 13.2 Å². The molecule has 2 aromatic rings. The molecule has 0 saturated heterocycles. The van der Waals surface area contributed by atoms with E-state index in [4.69, 9.17) is 5.14 Å². The Kier molecular flexibility index (Phi) is 4.05. The molecule has 0 saturated carbocycles. The SMILES string of the molecule is CC(C)c1nc(C(=O)Nc2ccc(S(N)(=O)=O)cc2)n[nH]1. The van der Waals surface area contributed by atoms with Crippen molar-refractivity contribution in [3.8, 4) is 0 Å². The maximum Gasteiger partial charge on any atom is 0.295 e. The molecule has 0 fully saturated rings. The van der Waals surface area contributed by atoms with Crippen molar-refractivity contribution in [2.45, 2.75) is 24.7 Å². The van der Waals surface area contributed by atoms with Gasteiger partial charge in [-0.25, -0.2) is 18.5 Å². The van der Waals surface area contributed by atoms with Gasteiger partial charge in [0, 0.05) is 11.6 Å². The molecule has 0 aliphatic carbocycles. The van der Waals surface area contributed by atoms with Gasteiger partial charge in [-0.05, 0) is 24.3 Å². The number of carbonyl (C=O) groups is 1. The lowest BCUT2D eigenvalue weighted by Crippen LogP contribution is -2.15. The summed E-state index contributed by atoms with van der Waals surface area (Å²) in [5, 5.41) is 14.1. The van der Waals surface area contributed by atoms with Crippen molar-refractivity contribution in [3.63, 3.8) is 0 Å². The second-order valence-corrected chi connectivity index (χ2v) is 6.28. The van der Waals surface area contributed by atoms with E-state index < -0.39 is 15.9 Å². The highest BCUT2D eigenvalue weighted by Crippen LogP contribution is 2.14. The van der Waals surface area contributed by atoms with Gasteiger partial charge in [0.2, 0.25) is 15.8 Å². The number of hydrogen-bond acceptors (Lipinski definition) is 5. The Morgan fingerprint density at radius 2 is 1.90 bits per heavy atom. The summed E-state index contributed by atoms with van der Waals surface area (Å²) in [5.41, 5.74) is 0.420. The van der Waals surface area contributed by atoms with E-state index in [-0.39, 0.29) is 16.6 Å². The van der Waals surface area contributed by atoms with E-state index >= 15 is 0 Å². The Hall–Kier alpha value is -2.26. The van der Waals surface area contributed by atoms with Crippen molar-refractivity contribution >= 4 is 21.6 Å². The fourth-order valence-electron chi connectivity index (χ4n) is 1.55. The Balaban J connectivity index is 2.12. The highest BCUT2D eigenvalue weighted by Gasteiger charge is 2.14. The average Bonchev–Trinajstić information content (AvgIpc) is 2.88. The normalized spacial score (nSPS) is 11.6.